The first-order valence-electron chi connectivity index (χ1n) is 0. The van der Waals surface area contributed by atoms with Crippen LogP contribution in [0.1, 0.15) is 0 Å². The van der Waals surface area contributed by atoms with Crippen LogP contribution in [-0.4, -0.2) is 0 Å². The van der Waals surface area contributed by atoms with Crippen molar-refractivity contribution in [2.75, 3.05) is 0 Å². The minimum Gasteiger partial charge on any atom is -2.00 e. The second-order valence-electron chi connectivity index (χ2n) is 0. The van der Waals surface area contributed by atoms with Gasteiger partial charge in [0, 0.05) is 0 Å². The molecule has 0 atom stereocenters. The van der Waals surface area contributed by atoms with Crippen molar-refractivity contribution in [3.8, 4) is 0 Å². The van der Waals surface area contributed by atoms with Crippen molar-refractivity contribution in [1.29, 1.82) is 0 Å². The summed E-state index contributed by atoms with van der Waals surface area (Å²) in [6, 6.07) is 0. The van der Waals surface area contributed by atoms with E-state index < -0.39 is 0 Å². The van der Waals surface area contributed by atoms with Crippen LogP contribution in [0.15, 0.2) is 0 Å². The van der Waals surface area contributed by atoms with E-state index in [0.29, 0.717) is 0 Å². The first-order chi connectivity index (χ1) is 0. The van der Waals surface area contributed by atoms with Gasteiger partial charge in [0.15, 0.2) is 0 Å². The molecule has 0 amide bonds. The van der Waals surface area contributed by atoms with Crippen LogP contribution in [0.5, 0.6) is 0 Å². The van der Waals surface area contributed by atoms with E-state index in [2.05, 4.69) is 0 Å². The fraction of sp³-hybridized carbons (Fsp3) is 0. The molecular formula is O14Ti7. The normalized spacial score (nSPS) is 0. The van der Waals surface area contributed by atoms with Crippen molar-refractivity contribution < 1.29 is 229 Å². The Morgan fingerprint density at radius 2 is 0.0952 bits per heavy atom. The van der Waals surface area contributed by atoms with E-state index in [9.17, 15) is 0 Å². The Bertz CT molecular complexity index is 19.3. The molecule has 0 saturated heterocycles. The van der Waals surface area contributed by atoms with Gasteiger partial charge < -0.3 is 76.7 Å². The zero-order chi connectivity index (χ0) is 0. The van der Waals surface area contributed by atoms with Gasteiger partial charge in [0.25, 0.3) is 0 Å². The second kappa shape index (κ2) is 681. The largest absolute Gasteiger partial charge is 4.00 e. The first kappa shape index (κ1) is 771. The molecule has 0 radical (unpaired) electrons. The van der Waals surface area contributed by atoms with Crippen molar-refractivity contribution in [3.05, 3.63) is 0 Å². The molecule has 0 aromatic carbocycles. The summed E-state index contributed by atoms with van der Waals surface area (Å²) in [6.07, 6.45) is 0. The fourth-order valence-corrected chi connectivity index (χ4v) is 0. The predicted octanol–water partition coefficient (Wildman–Crippen LogP) is -1.68. The van der Waals surface area contributed by atoms with Gasteiger partial charge in [0.05, 0.1) is 0 Å². The molecule has 0 rings (SSSR count). The van der Waals surface area contributed by atoms with E-state index >= 15 is 0 Å². The molecule has 0 unspecified atom stereocenters. The summed E-state index contributed by atoms with van der Waals surface area (Å²) in [5.74, 6) is 0. The van der Waals surface area contributed by atoms with Crippen LogP contribution >= 0.6 is 0 Å². The average molecular weight is 559 g/mol. The summed E-state index contributed by atoms with van der Waals surface area (Å²) in [6.45, 7) is 0. The Kier molecular flexibility index (Phi) is 25000. The zero-order valence-electron chi connectivity index (χ0n) is 9.22. The summed E-state index contributed by atoms with van der Waals surface area (Å²) in [7, 11) is 0. The maximum atomic E-state index is 0. The molecule has 0 aliphatic rings. The van der Waals surface area contributed by atoms with Crippen LogP contribution in [0.4, 0.5) is 0 Å². The van der Waals surface area contributed by atoms with E-state index in [1.165, 1.54) is 0 Å². The van der Waals surface area contributed by atoms with Gasteiger partial charge in [-0.05, 0) is 0 Å². The van der Waals surface area contributed by atoms with Gasteiger partial charge in [-0.1, -0.05) is 0 Å². The quantitative estimate of drug-likeness (QED) is 0.300. The van der Waals surface area contributed by atoms with Gasteiger partial charge in [-0.15, -0.1) is 0 Å². The molecule has 0 fully saturated rings. The average Bonchev–Trinajstić information content (AvgIpc) is 0. The summed E-state index contributed by atoms with van der Waals surface area (Å²) in [5.41, 5.74) is 0. The van der Waals surface area contributed by atoms with Crippen LogP contribution in [-0.2, 0) is 229 Å². The molecule has 14 nitrogen and oxygen atoms in total. The van der Waals surface area contributed by atoms with Crippen LogP contribution in [0.25, 0.3) is 0 Å². The smallest absolute Gasteiger partial charge is 2.00 e. The number of hydrogen-bond donors (Lipinski definition) is 0. The standard InChI is InChI=1S/14O.7Ti/q14*-2;7*+4. The molecule has 0 bridgehead atoms. The third-order valence-electron chi connectivity index (χ3n) is 0. The minimum absolute atomic E-state index is 0. The maximum Gasteiger partial charge on any atom is 4.00 e. The topological polar surface area (TPSA) is 399 Å². The van der Waals surface area contributed by atoms with Crippen molar-refractivity contribution in [1.82, 2.24) is 0 Å². The van der Waals surface area contributed by atoms with Crippen LogP contribution in [0, 0.1) is 0 Å². The molecule has 0 spiro atoms. The van der Waals surface area contributed by atoms with Crippen molar-refractivity contribution >= 4 is 0 Å². The summed E-state index contributed by atoms with van der Waals surface area (Å²) in [5, 5.41) is 0. The molecule has 0 heterocycles. The predicted molar refractivity (Wildman–Crippen MR) is 9.61 cm³/mol. The van der Waals surface area contributed by atoms with Crippen LogP contribution < -0.4 is 0 Å². The molecule has 21 heteroatoms. The molecule has 0 N–H and O–H groups in total. The number of hydrogen-bond acceptors (Lipinski definition) is 0. The van der Waals surface area contributed by atoms with Crippen molar-refractivity contribution in [3.63, 3.8) is 0 Å². The van der Waals surface area contributed by atoms with Crippen LogP contribution in [0.2, 0.25) is 0 Å². The van der Waals surface area contributed by atoms with Crippen LogP contribution in [0.3, 0.4) is 0 Å². The van der Waals surface area contributed by atoms with E-state index in [0.717, 1.165) is 0 Å². The molecule has 21 heavy (non-hydrogen) atoms. The van der Waals surface area contributed by atoms with Gasteiger partial charge in [-0.3, -0.25) is 0 Å². The molecule has 112 valence electrons. The van der Waals surface area contributed by atoms with Crippen molar-refractivity contribution in [2.45, 2.75) is 0 Å². The number of rotatable bonds is 0. The van der Waals surface area contributed by atoms with Gasteiger partial charge in [-0.2, -0.15) is 0 Å². The Labute approximate surface area is 225 Å². The maximum absolute atomic E-state index is 0. The summed E-state index contributed by atoms with van der Waals surface area (Å²) >= 11 is 0. The summed E-state index contributed by atoms with van der Waals surface area (Å²) in [4.78, 5) is 0. The molecule has 0 aliphatic carbocycles. The summed E-state index contributed by atoms with van der Waals surface area (Å²) < 4.78 is 0. The SMILES string of the molecule is [O-2].[O-2].[O-2].[O-2].[O-2].[O-2].[O-2].[O-2].[O-2].[O-2].[O-2].[O-2].[O-2].[O-2].[Ti+4].[Ti+4].[Ti+4].[Ti+4].[Ti+4].[Ti+4].[Ti+4]. The molecular weight excluding hydrogens is 559 g/mol. The van der Waals surface area contributed by atoms with Gasteiger partial charge in [0.2, 0.25) is 0 Å². The van der Waals surface area contributed by atoms with Gasteiger partial charge in [-0.25, -0.2) is 0 Å². The van der Waals surface area contributed by atoms with E-state index in [4.69, 9.17) is 0 Å². The molecule has 0 aromatic rings. The minimum atomic E-state index is 0. The third-order valence-corrected chi connectivity index (χ3v) is 0. The van der Waals surface area contributed by atoms with E-state index in [-0.39, 0.29) is 229 Å². The Morgan fingerprint density at radius 3 is 0.0952 bits per heavy atom. The molecule has 0 aliphatic heterocycles. The van der Waals surface area contributed by atoms with E-state index in [1.54, 1.807) is 0 Å². The van der Waals surface area contributed by atoms with Gasteiger partial charge >= 0.3 is 152 Å². The molecule has 0 saturated carbocycles. The molecule has 0 aromatic heterocycles. The monoisotopic (exact) mass is 560 g/mol. The first-order valence-corrected chi connectivity index (χ1v) is 0. The fourth-order valence-electron chi connectivity index (χ4n) is 0. The third kappa shape index (κ3) is 624. The Hall–Kier alpha value is 4.44. The second-order valence-corrected chi connectivity index (χ2v) is 0. The van der Waals surface area contributed by atoms with E-state index in [1.807, 2.05) is 0 Å². The zero-order valence-corrected chi connectivity index (χ0v) is 20.1. The van der Waals surface area contributed by atoms with Gasteiger partial charge in [0.1, 0.15) is 0 Å². The Balaban J connectivity index is 0. The van der Waals surface area contributed by atoms with Crippen molar-refractivity contribution in [2.24, 2.45) is 0 Å². The Morgan fingerprint density at radius 1 is 0.0952 bits per heavy atom.